The van der Waals surface area contributed by atoms with E-state index in [1.807, 2.05) is 0 Å². The third-order valence-corrected chi connectivity index (χ3v) is 5.78. The van der Waals surface area contributed by atoms with Crippen LogP contribution in [0.5, 0.6) is 0 Å². The third kappa shape index (κ3) is 5.74. The molecular formula is C21H29F2N3O2. The quantitative estimate of drug-likeness (QED) is 0.809. The molecule has 0 radical (unpaired) electrons. The van der Waals surface area contributed by atoms with Gasteiger partial charge < -0.3 is 15.5 Å². The van der Waals surface area contributed by atoms with E-state index in [1.165, 1.54) is 31.4 Å². The number of benzene rings is 1. The molecule has 2 amide bonds. The minimum Gasteiger partial charge on any atom is -0.352 e. The molecule has 5 nitrogen and oxygen atoms in total. The SMILES string of the molecule is CN1C[C@H](NC2CCC2)CCC[C@@H](C(=O)NCc2cc(F)cc(F)c2)CC1=O. The molecule has 1 aromatic rings. The summed E-state index contributed by atoms with van der Waals surface area (Å²) in [6.07, 6.45) is 6.23. The number of nitrogens with zero attached hydrogens (tertiary/aromatic N) is 1. The van der Waals surface area contributed by atoms with Gasteiger partial charge in [0.25, 0.3) is 0 Å². The van der Waals surface area contributed by atoms with Crippen molar-refractivity contribution in [2.45, 2.75) is 63.6 Å². The van der Waals surface area contributed by atoms with Crippen molar-refractivity contribution in [1.29, 1.82) is 0 Å². The molecule has 3 rings (SSSR count). The molecule has 0 spiro atoms. The van der Waals surface area contributed by atoms with Crippen LogP contribution < -0.4 is 10.6 Å². The van der Waals surface area contributed by atoms with Crippen molar-refractivity contribution in [3.05, 3.63) is 35.4 Å². The first kappa shape index (κ1) is 20.7. The second-order valence-corrected chi connectivity index (χ2v) is 8.09. The maximum Gasteiger partial charge on any atom is 0.223 e. The Kier molecular flexibility index (Phi) is 6.99. The normalized spacial score (nSPS) is 24.1. The molecule has 1 aliphatic heterocycles. The van der Waals surface area contributed by atoms with E-state index in [2.05, 4.69) is 10.6 Å². The summed E-state index contributed by atoms with van der Waals surface area (Å²) in [7, 11) is 1.79. The number of halogens is 2. The van der Waals surface area contributed by atoms with Crippen LogP contribution in [0.1, 0.15) is 50.5 Å². The molecule has 2 fully saturated rings. The Labute approximate surface area is 164 Å². The smallest absolute Gasteiger partial charge is 0.223 e. The van der Waals surface area contributed by atoms with Gasteiger partial charge in [-0.05, 0) is 43.4 Å². The first-order valence-electron chi connectivity index (χ1n) is 10.1. The average Bonchev–Trinajstić information content (AvgIpc) is 2.66. The topological polar surface area (TPSA) is 61.4 Å². The van der Waals surface area contributed by atoms with Crippen LogP contribution in [-0.4, -0.2) is 42.4 Å². The molecule has 2 N–H and O–H groups in total. The van der Waals surface area contributed by atoms with Crippen molar-refractivity contribution < 1.29 is 18.4 Å². The van der Waals surface area contributed by atoms with Gasteiger partial charge in [-0.3, -0.25) is 9.59 Å². The monoisotopic (exact) mass is 393 g/mol. The lowest BCUT2D eigenvalue weighted by Gasteiger charge is -2.33. The van der Waals surface area contributed by atoms with Gasteiger partial charge in [-0.15, -0.1) is 0 Å². The zero-order valence-electron chi connectivity index (χ0n) is 16.3. The number of hydrogen-bond acceptors (Lipinski definition) is 3. The standard InChI is InChI=1S/C21H29F2N3O2/c1-26-13-19(25-18-5-3-6-18)7-2-4-15(10-20(26)27)21(28)24-12-14-8-16(22)11-17(23)9-14/h8-9,11,15,18-19,25H,2-7,10,12-13H2,1H3,(H,24,28)/t15-,19-/m1/s1. The Morgan fingerprint density at radius 1 is 1.07 bits per heavy atom. The van der Waals surface area contributed by atoms with Crippen LogP contribution in [-0.2, 0) is 16.1 Å². The molecule has 1 aliphatic carbocycles. The summed E-state index contributed by atoms with van der Waals surface area (Å²) in [5.74, 6) is -2.05. The van der Waals surface area contributed by atoms with Gasteiger partial charge in [-0.2, -0.15) is 0 Å². The lowest BCUT2D eigenvalue weighted by Crippen LogP contribution is -2.48. The summed E-state index contributed by atoms with van der Waals surface area (Å²) in [6, 6.07) is 4.01. The number of carbonyl (C=O) groups is 2. The molecule has 1 aromatic carbocycles. The van der Waals surface area contributed by atoms with E-state index < -0.39 is 17.6 Å². The Morgan fingerprint density at radius 3 is 2.36 bits per heavy atom. The fourth-order valence-corrected chi connectivity index (χ4v) is 3.92. The molecule has 2 aliphatic rings. The van der Waals surface area contributed by atoms with E-state index in [1.54, 1.807) is 11.9 Å². The molecule has 154 valence electrons. The minimum absolute atomic E-state index is 0.0416. The average molecular weight is 393 g/mol. The molecule has 7 heteroatoms. The zero-order chi connectivity index (χ0) is 20.1. The van der Waals surface area contributed by atoms with Crippen LogP contribution in [0.2, 0.25) is 0 Å². The fourth-order valence-electron chi connectivity index (χ4n) is 3.92. The number of nitrogens with one attached hydrogen (secondary N) is 2. The fraction of sp³-hybridized carbons (Fsp3) is 0.619. The minimum atomic E-state index is -0.673. The van der Waals surface area contributed by atoms with E-state index >= 15 is 0 Å². The summed E-state index contributed by atoms with van der Waals surface area (Å²) >= 11 is 0. The van der Waals surface area contributed by atoms with E-state index in [0.29, 0.717) is 24.6 Å². The van der Waals surface area contributed by atoms with Gasteiger partial charge in [0.05, 0.1) is 0 Å². The zero-order valence-corrected chi connectivity index (χ0v) is 16.3. The molecule has 1 heterocycles. The Morgan fingerprint density at radius 2 is 1.71 bits per heavy atom. The summed E-state index contributed by atoms with van der Waals surface area (Å²) in [5.41, 5.74) is 0.363. The van der Waals surface area contributed by atoms with Gasteiger partial charge in [0.15, 0.2) is 0 Å². The number of rotatable bonds is 5. The van der Waals surface area contributed by atoms with E-state index in [9.17, 15) is 18.4 Å². The van der Waals surface area contributed by atoms with Crippen molar-refractivity contribution in [2.24, 2.45) is 5.92 Å². The lowest BCUT2D eigenvalue weighted by molar-refractivity contribution is -0.135. The summed E-state index contributed by atoms with van der Waals surface area (Å²) in [6.45, 7) is 0.701. The number of amides is 2. The Balaban J connectivity index is 1.56. The molecule has 1 saturated heterocycles. The van der Waals surface area contributed by atoms with Gasteiger partial charge in [0.1, 0.15) is 11.6 Å². The molecule has 0 bridgehead atoms. The summed E-state index contributed by atoms with van der Waals surface area (Å²) in [5, 5.41) is 6.37. The molecule has 1 saturated carbocycles. The van der Waals surface area contributed by atoms with Gasteiger partial charge in [-0.1, -0.05) is 12.8 Å². The molecule has 28 heavy (non-hydrogen) atoms. The maximum absolute atomic E-state index is 13.3. The first-order valence-corrected chi connectivity index (χ1v) is 10.1. The molecular weight excluding hydrogens is 364 g/mol. The number of hydrogen-bond donors (Lipinski definition) is 2. The van der Waals surface area contributed by atoms with Crippen molar-refractivity contribution in [3.63, 3.8) is 0 Å². The number of likely N-dealkylation sites (N-methyl/N-ethyl adjacent to an activating group) is 1. The largest absolute Gasteiger partial charge is 0.352 e. The first-order chi connectivity index (χ1) is 13.4. The third-order valence-electron chi connectivity index (χ3n) is 5.78. The van der Waals surface area contributed by atoms with Crippen LogP contribution in [0.15, 0.2) is 18.2 Å². The van der Waals surface area contributed by atoms with Crippen molar-refractivity contribution in [1.82, 2.24) is 15.5 Å². The van der Waals surface area contributed by atoms with Crippen molar-refractivity contribution >= 4 is 11.8 Å². The van der Waals surface area contributed by atoms with Crippen LogP contribution >= 0.6 is 0 Å². The summed E-state index contributed by atoms with van der Waals surface area (Å²) in [4.78, 5) is 26.8. The van der Waals surface area contributed by atoms with Gasteiger partial charge >= 0.3 is 0 Å². The Bertz CT molecular complexity index is 689. The van der Waals surface area contributed by atoms with E-state index in [0.717, 1.165) is 18.9 Å². The van der Waals surface area contributed by atoms with Gasteiger partial charge in [0, 0.05) is 50.6 Å². The summed E-state index contributed by atoms with van der Waals surface area (Å²) < 4.78 is 26.6. The lowest BCUT2D eigenvalue weighted by atomic mass is 9.91. The molecule has 0 unspecified atom stereocenters. The molecule has 2 atom stereocenters. The van der Waals surface area contributed by atoms with Crippen LogP contribution in [0.3, 0.4) is 0 Å². The Hall–Kier alpha value is -2.02. The van der Waals surface area contributed by atoms with Crippen molar-refractivity contribution in [3.8, 4) is 0 Å². The predicted molar refractivity (Wildman–Crippen MR) is 102 cm³/mol. The predicted octanol–water partition coefficient (Wildman–Crippen LogP) is 2.74. The van der Waals surface area contributed by atoms with Crippen molar-refractivity contribution in [2.75, 3.05) is 13.6 Å². The highest BCUT2D eigenvalue weighted by molar-refractivity contribution is 5.85. The highest BCUT2D eigenvalue weighted by Gasteiger charge is 2.28. The van der Waals surface area contributed by atoms with Crippen LogP contribution in [0.4, 0.5) is 8.78 Å². The number of carbonyl (C=O) groups excluding carboxylic acids is 2. The second-order valence-electron chi connectivity index (χ2n) is 8.09. The van der Waals surface area contributed by atoms with Gasteiger partial charge in [0.2, 0.25) is 11.8 Å². The van der Waals surface area contributed by atoms with Gasteiger partial charge in [-0.25, -0.2) is 8.78 Å². The molecule has 0 aromatic heterocycles. The van der Waals surface area contributed by atoms with Crippen LogP contribution in [0, 0.1) is 17.6 Å². The highest BCUT2D eigenvalue weighted by Crippen LogP contribution is 2.23. The second kappa shape index (κ2) is 9.45. The van der Waals surface area contributed by atoms with E-state index in [-0.39, 0.29) is 30.8 Å². The highest BCUT2D eigenvalue weighted by atomic mass is 19.1. The maximum atomic E-state index is 13.3. The van der Waals surface area contributed by atoms with E-state index in [4.69, 9.17) is 0 Å². The van der Waals surface area contributed by atoms with Crippen LogP contribution in [0.25, 0.3) is 0 Å².